The van der Waals surface area contributed by atoms with Crippen molar-refractivity contribution in [3.05, 3.63) is 22.4 Å². The summed E-state index contributed by atoms with van der Waals surface area (Å²) in [7, 11) is 1.84. The van der Waals surface area contributed by atoms with Gasteiger partial charge in [-0.2, -0.15) is 0 Å². The minimum atomic E-state index is -0.229. The first-order chi connectivity index (χ1) is 12.6. The molecule has 3 rings (SSSR count). The van der Waals surface area contributed by atoms with Crippen LogP contribution in [0.2, 0.25) is 0 Å². The van der Waals surface area contributed by atoms with Crippen molar-refractivity contribution in [2.75, 3.05) is 33.4 Å². The highest BCUT2D eigenvalue weighted by molar-refractivity contribution is 7.10. The van der Waals surface area contributed by atoms with E-state index in [4.69, 9.17) is 4.74 Å². The Morgan fingerprint density at radius 2 is 2.12 bits per heavy atom. The first-order valence-corrected chi connectivity index (χ1v) is 10.8. The molecule has 1 saturated carbocycles. The van der Waals surface area contributed by atoms with Gasteiger partial charge in [0.1, 0.15) is 0 Å². The number of carbonyl (C=O) groups excluding carboxylic acids is 1. The standard InChI is InChI=1S/C20H32N2O3S/c1-22(14-20(15-23)9-11-25-12-10-20)19(24)21-18(17-8-5-13-26-17)16-6-3-2-4-7-16/h5,8,13,16,18,23H,2-4,6-7,9-12,14-15H2,1H3,(H,21,24)/t18-/m0/s1. The van der Waals surface area contributed by atoms with E-state index in [1.807, 2.05) is 7.05 Å². The van der Waals surface area contributed by atoms with Gasteiger partial charge in [0.25, 0.3) is 0 Å². The van der Waals surface area contributed by atoms with E-state index >= 15 is 0 Å². The van der Waals surface area contributed by atoms with Crippen molar-refractivity contribution in [2.24, 2.45) is 11.3 Å². The van der Waals surface area contributed by atoms with Crippen molar-refractivity contribution in [1.29, 1.82) is 0 Å². The number of carbonyl (C=O) groups is 1. The lowest BCUT2D eigenvalue weighted by molar-refractivity contribution is -0.0262. The van der Waals surface area contributed by atoms with Gasteiger partial charge < -0.3 is 20.1 Å². The van der Waals surface area contributed by atoms with Gasteiger partial charge in [-0.1, -0.05) is 25.3 Å². The maximum atomic E-state index is 12.9. The van der Waals surface area contributed by atoms with Crippen molar-refractivity contribution >= 4 is 17.4 Å². The molecule has 5 nitrogen and oxygen atoms in total. The summed E-state index contributed by atoms with van der Waals surface area (Å²) in [5.41, 5.74) is -0.229. The van der Waals surface area contributed by atoms with E-state index in [0.717, 1.165) is 12.8 Å². The average molecular weight is 381 g/mol. The lowest BCUT2D eigenvalue weighted by Crippen LogP contribution is -2.48. The SMILES string of the molecule is CN(CC1(CO)CCOCC1)C(=O)N[C@H](c1cccs1)C1CCCCC1. The van der Waals surface area contributed by atoms with E-state index in [9.17, 15) is 9.90 Å². The third kappa shape index (κ3) is 4.78. The molecule has 2 amide bonds. The van der Waals surface area contributed by atoms with Crippen molar-refractivity contribution in [1.82, 2.24) is 10.2 Å². The molecule has 1 aromatic heterocycles. The Hall–Kier alpha value is -1.11. The smallest absolute Gasteiger partial charge is 0.317 e. The van der Waals surface area contributed by atoms with E-state index < -0.39 is 0 Å². The highest BCUT2D eigenvalue weighted by atomic mass is 32.1. The van der Waals surface area contributed by atoms with Crippen LogP contribution in [0.1, 0.15) is 55.9 Å². The average Bonchev–Trinajstić information content (AvgIpc) is 3.21. The fourth-order valence-electron chi connectivity index (χ4n) is 4.35. The molecule has 0 unspecified atom stereocenters. The van der Waals surface area contributed by atoms with Crippen LogP contribution in [0, 0.1) is 11.3 Å². The number of thiophene rings is 1. The molecule has 1 aliphatic carbocycles. The zero-order valence-corrected chi connectivity index (χ0v) is 16.6. The Kier molecular flexibility index (Phi) is 6.95. The summed E-state index contributed by atoms with van der Waals surface area (Å²) in [6, 6.07) is 4.27. The second kappa shape index (κ2) is 9.20. The van der Waals surface area contributed by atoms with Gasteiger partial charge in [-0.15, -0.1) is 11.3 Å². The van der Waals surface area contributed by atoms with E-state index in [2.05, 4.69) is 22.8 Å². The van der Waals surface area contributed by atoms with E-state index in [0.29, 0.717) is 25.7 Å². The van der Waals surface area contributed by atoms with Crippen LogP contribution in [0.3, 0.4) is 0 Å². The van der Waals surface area contributed by atoms with Gasteiger partial charge in [-0.05, 0) is 43.0 Å². The van der Waals surface area contributed by atoms with Crippen LogP contribution in [0.15, 0.2) is 17.5 Å². The minimum absolute atomic E-state index is 0.0340. The van der Waals surface area contributed by atoms with Crippen molar-refractivity contribution < 1.29 is 14.6 Å². The summed E-state index contributed by atoms with van der Waals surface area (Å²) in [5, 5.41) is 15.3. The topological polar surface area (TPSA) is 61.8 Å². The second-order valence-corrected chi connectivity index (χ2v) is 8.95. The van der Waals surface area contributed by atoms with Crippen molar-refractivity contribution in [3.63, 3.8) is 0 Å². The van der Waals surface area contributed by atoms with Crippen LogP contribution >= 0.6 is 11.3 Å². The Morgan fingerprint density at radius 3 is 2.73 bits per heavy atom. The summed E-state index contributed by atoms with van der Waals surface area (Å²) in [4.78, 5) is 15.9. The van der Waals surface area contributed by atoms with Gasteiger partial charge in [0, 0.05) is 37.1 Å². The number of urea groups is 1. The summed E-state index contributed by atoms with van der Waals surface area (Å²) in [6.07, 6.45) is 7.80. The monoisotopic (exact) mass is 380 g/mol. The molecule has 1 aromatic rings. The number of nitrogens with one attached hydrogen (secondary N) is 1. The number of amides is 2. The van der Waals surface area contributed by atoms with Crippen LogP contribution in [-0.4, -0.2) is 49.5 Å². The molecule has 2 fully saturated rings. The van der Waals surface area contributed by atoms with Gasteiger partial charge in [0.15, 0.2) is 0 Å². The highest BCUT2D eigenvalue weighted by Crippen LogP contribution is 2.36. The molecule has 1 saturated heterocycles. The molecule has 26 heavy (non-hydrogen) atoms. The van der Waals surface area contributed by atoms with E-state index in [1.165, 1.54) is 37.0 Å². The largest absolute Gasteiger partial charge is 0.396 e. The molecule has 0 aromatic carbocycles. The van der Waals surface area contributed by atoms with Gasteiger partial charge in [-0.25, -0.2) is 4.79 Å². The van der Waals surface area contributed by atoms with Crippen LogP contribution in [0.5, 0.6) is 0 Å². The van der Waals surface area contributed by atoms with Gasteiger partial charge >= 0.3 is 6.03 Å². The third-order valence-corrected chi connectivity index (χ3v) is 7.01. The Bertz CT molecular complexity index is 551. The van der Waals surface area contributed by atoms with E-state index in [-0.39, 0.29) is 24.1 Å². The van der Waals surface area contributed by atoms with Crippen LogP contribution in [0.25, 0.3) is 0 Å². The molecule has 2 N–H and O–H groups in total. The number of nitrogens with zero attached hydrogens (tertiary/aromatic N) is 1. The summed E-state index contributed by atoms with van der Waals surface area (Å²) in [5.74, 6) is 0.523. The first kappa shape index (κ1) is 19.6. The Morgan fingerprint density at radius 1 is 1.38 bits per heavy atom. The lowest BCUT2D eigenvalue weighted by Gasteiger charge is -2.39. The summed E-state index contributed by atoms with van der Waals surface area (Å²) in [6.45, 7) is 2.00. The van der Waals surface area contributed by atoms with Crippen LogP contribution in [-0.2, 0) is 4.74 Å². The molecule has 146 valence electrons. The molecule has 6 heteroatoms. The first-order valence-electron chi connectivity index (χ1n) is 9.87. The third-order valence-electron chi connectivity index (χ3n) is 6.06. The number of hydrogen-bond acceptors (Lipinski definition) is 4. The fourth-order valence-corrected chi connectivity index (χ4v) is 5.22. The van der Waals surface area contributed by atoms with Crippen molar-refractivity contribution in [3.8, 4) is 0 Å². The highest BCUT2D eigenvalue weighted by Gasteiger charge is 2.35. The number of aliphatic hydroxyl groups is 1. The quantitative estimate of drug-likeness (QED) is 0.789. The molecule has 0 spiro atoms. The zero-order valence-electron chi connectivity index (χ0n) is 15.8. The van der Waals surface area contributed by atoms with Crippen LogP contribution < -0.4 is 5.32 Å². The van der Waals surface area contributed by atoms with Gasteiger partial charge in [0.05, 0.1) is 12.6 Å². The second-order valence-electron chi connectivity index (χ2n) is 7.97. The number of rotatable bonds is 6. The molecule has 2 heterocycles. The fraction of sp³-hybridized carbons (Fsp3) is 0.750. The predicted octanol–water partition coefficient (Wildman–Crippen LogP) is 3.80. The lowest BCUT2D eigenvalue weighted by atomic mass is 9.80. The van der Waals surface area contributed by atoms with E-state index in [1.54, 1.807) is 16.2 Å². The number of aliphatic hydroxyl groups excluding tert-OH is 1. The molecule has 1 atom stereocenters. The summed E-state index contributed by atoms with van der Waals surface area (Å²) >= 11 is 1.73. The maximum Gasteiger partial charge on any atom is 0.317 e. The van der Waals surface area contributed by atoms with Gasteiger partial charge in [0.2, 0.25) is 0 Å². The number of hydrogen-bond donors (Lipinski definition) is 2. The molecular weight excluding hydrogens is 348 g/mol. The molecule has 2 aliphatic rings. The molecule has 0 radical (unpaired) electrons. The minimum Gasteiger partial charge on any atom is -0.396 e. The van der Waals surface area contributed by atoms with Crippen LogP contribution in [0.4, 0.5) is 4.79 Å². The normalized spacial score (nSPS) is 21.9. The maximum absolute atomic E-state index is 12.9. The Labute approximate surface area is 160 Å². The van der Waals surface area contributed by atoms with Crippen molar-refractivity contribution in [2.45, 2.75) is 51.0 Å². The predicted molar refractivity (Wildman–Crippen MR) is 104 cm³/mol. The molecule has 1 aliphatic heterocycles. The molecule has 0 bridgehead atoms. The zero-order chi connectivity index (χ0) is 18.4. The van der Waals surface area contributed by atoms with Gasteiger partial charge in [-0.3, -0.25) is 0 Å². The number of ether oxygens (including phenoxy) is 1. The Balaban J connectivity index is 1.64. The molecular formula is C20H32N2O3S. The summed E-state index contributed by atoms with van der Waals surface area (Å²) < 4.78 is 5.43.